The van der Waals surface area contributed by atoms with Crippen LogP contribution in [-0.4, -0.2) is 32.1 Å². The first-order valence-corrected chi connectivity index (χ1v) is 5.52. The van der Waals surface area contributed by atoms with Crippen LogP contribution in [0.3, 0.4) is 0 Å². The summed E-state index contributed by atoms with van der Waals surface area (Å²) in [5, 5.41) is 0. The number of alkyl halides is 3. The maximum atomic E-state index is 12.5. The van der Waals surface area contributed by atoms with Gasteiger partial charge in [0.25, 0.3) is 0 Å². The van der Waals surface area contributed by atoms with Crippen molar-refractivity contribution in [1.82, 2.24) is 4.90 Å². The summed E-state index contributed by atoms with van der Waals surface area (Å²) in [5.41, 5.74) is 5.10. The molecular weight excluding hydrogens is 245 g/mol. The summed E-state index contributed by atoms with van der Waals surface area (Å²) >= 11 is 0. The van der Waals surface area contributed by atoms with Crippen molar-refractivity contribution in [2.75, 3.05) is 27.2 Å². The fourth-order valence-corrected chi connectivity index (χ4v) is 1.39. The number of hydrogen-bond acceptors (Lipinski definition) is 3. The fourth-order valence-electron chi connectivity index (χ4n) is 1.39. The number of nitrogens with two attached hydrogens (primary N) is 1. The van der Waals surface area contributed by atoms with E-state index in [1.807, 2.05) is 19.0 Å². The van der Waals surface area contributed by atoms with E-state index in [2.05, 4.69) is 0 Å². The highest BCUT2D eigenvalue weighted by atomic mass is 19.4. The second-order valence-electron chi connectivity index (χ2n) is 4.18. The quantitative estimate of drug-likeness (QED) is 0.883. The van der Waals surface area contributed by atoms with E-state index in [1.54, 1.807) is 0 Å². The Morgan fingerprint density at radius 1 is 1.28 bits per heavy atom. The molecule has 0 saturated heterocycles. The van der Waals surface area contributed by atoms with Crippen molar-refractivity contribution < 1.29 is 17.9 Å². The van der Waals surface area contributed by atoms with Crippen LogP contribution < -0.4 is 10.5 Å². The van der Waals surface area contributed by atoms with Crippen LogP contribution in [0.5, 0.6) is 5.75 Å². The van der Waals surface area contributed by atoms with Gasteiger partial charge in [0.05, 0.1) is 5.56 Å². The number of hydrogen-bond donors (Lipinski definition) is 1. The zero-order valence-electron chi connectivity index (χ0n) is 10.4. The van der Waals surface area contributed by atoms with Crippen molar-refractivity contribution >= 4 is 0 Å². The summed E-state index contributed by atoms with van der Waals surface area (Å²) in [6.07, 6.45) is -4.36. The van der Waals surface area contributed by atoms with E-state index < -0.39 is 11.7 Å². The summed E-state index contributed by atoms with van der Waals surface area (Å²) in [4.78, 5) is 1.92. The number of rotatable bonds is 5. The molecule has 1 aromatic rings. The number of benzene rings is 1. The Labute approximate surface area is 104 Å². The molecule has 1 rings (SSSR count). The molecule has 0 saturated carbocycles. The lowest BCUT2D eigenvalue weighted by atomic mass is 10.1. The average molecular weight is 262 g/mol. The maximum Gasteiger partial charge on any atom is 0.416 e. The van der Waals surface area contributed by atoms with Gasteiger partial charge in [-0.3, -0.25) is 0 Å². The Hall–Kier alpha value is -1.27. The smallest absolute Gasteiger partial charge is 0.416 e. The van der Waals surface area contributed by atoms with Gasteiger partial charge in [0.2, 0.25) is 0 Å². The van der Waals surface area contributed by atoms with Gasteiger partial charge in [0, 0.05) is 18.7 Å². The molecule has 0 unspecified atom stereocenters. The van der Waals surface area contributed by atoms with Crippen LogP contribution in [0.2, 0.25) is 0 Å². The van der Waals surface area contributed by atoms with Crippen molar-refractivity contribution in [3.05, 3.63) is 29.3 Å². The largest absolute Gasteiger partial charge is 0.492 e. The number of nitrogens with zero attached hydrogens (tertiary/aromatic N) is 1. The zero-order valence-corrected chi connectivity index (χ0v) is 10.4. The second-order valence-corrected chi connectivity index (χ2v) is 4.18. The van der Waals surface area contributed by atoms with Gasteiger partial charge in [-0.1, -0.05) is 0 Å². The molecule has 1 aromatic carbocycles. The van der Waals surface area contributed by atoms with E-state index in [0.717, 1.165) is 12.1 Å². The Balaban J connectivity index is 2.81. The molecule has 0 amide bonds. The minimum absolute atomic E-state index is 0.0151. The molecule has 0 fully saturated rings. The summed E-state index contributed by atoms with van der Waals surface area (Å²) in [6.45, 7) is 1.11. The zero-order chi connectivity index (χ0) is 13.8. The topological polar surface area (TPSA) is 38.5 Å². The third-order valence-electron chi connectivity index (χ3n) is 2.40. The van der Waals surface area contributed by atoms with E-state index in [4.69, 9.17) is 10.5 Å². The highest BCUT2D eigenvalue weighted by Gasteiger charge is 2.30. The molecule has 0 radical (unpaired) electrons. The van der Waals surface area contributed by atoms with Crippen LogP contribution in [0.25, 0.3) is 0 Å². The first-order valence-electron chi connectivity index (χ1n) is 5.52. The summed E-state index contributed by atoms with van der Waals surface area (Å²) < 4.78 is 42.9. The van der Waals surface area contributed by atoms with Crippen LogP contribution in [0.15, 0.2) is 18.2 Å². The van der Waals surface area contributed by atoms with Crippen LogP contribution in [0.4, 0.5) is 13.2 Å². The summed E-state index contributed by atoms with van der Waals surface area (Å²) in [7, 11) is 3.78. The van der Waals surface area contributed by atoms with Gasteiger partial charge >= 0.3 is 6.18 Å². The van der Waals surface area contributed by atoms with Gasteiger partial charge in [-0.15, -0.1) is 0 Å². The Morgan fingerprint density at radius 3 is 2.44 bits per heavy atom. The summed E-state index contributed by atoms with van der Waals surface area (Å²) in [5.74, 6) is 0.410. The van der Waals surface area contributed by atoms with Gasteiger partial charge in [-0.25, -0.2) is 0 Å². The minimum Gasteiger partial charge on any atom is -0.492 e. The molecule has 2 N–H and O–H groups in total. The fraction of sp³-hybridized carbons (Fsp3) is 0.500. The van der Waals surface area contributed by atoms with Crippen LogP contribution in [0, 0.1) is 0 Å². The maximum absolute atomic E-state index is 12.5. The lowest BCUT2D eigenvalue weighted by Gasteiger charge is -2.15. The predicted molar refractivity (Wildman–Crippen MR) is 63.4 cm³/mol. The lowest BCUT2D eigenvalue weighted by molar-refractivity contribution is -0.137. The van der Waals surface area contributed by atoms with Crippen molar-refractivity contribution in [1.29, 1.82) is 0 Å². The van der Waals surface area contributed by atoms with Crippen molar-refractivity contribution in [3.8, 4) is 5.75 Å². The molecule has 0 aliphatic carbocycles. The average Bonchev–Trinajstić information content (AvgIpc) is 2.27. The van der Waals surface area contributed by atoms with Gasteiger partial charge in [0.15, 0.2) is 0 Å². The summed E-state index contributed by atoms with van der Waals surface area (Å²) in [6, 6.07) is 3.36. The molecule has 6 heteroatoms. The van der Waals surface area contributed by atoms with E-state index in [1.165, 1.54) is 6.07 Å². The Morgan fingerprint density at radius 2 is 1.94 bits per heavy atom. The van der Waals surface area contributed by atoms with E-state index in [9.17, 15) is 13.2 Å². The normalized spacial score (nSPS) is 11.9. The van der Waals surface area contributed by atoms with Gasteiger partial charge in [-0.2, -0.15) is 13.2 Å². The lowest BCUT2D eigenvalue weighted by Crippen LogP contribution is -2.20. The molecule has 0 aliphatic heterocycles. The van der Waals surface area contributed by atoms with Crippen LogP contribution in [0.1, 0.15) is 11.1 Å². The van der Waals surface area contributed by atoms with E-state index in [-0.39, 0.29) is 6.54 Å². The van der Waals surface area contributed by atoms with E-state index >= 15 is 0 Å². The van der Waals surface area contributed by atoms with Gasteiger partial charge in [0.1, 0.15) is 12.4 Å². The molecule has 0 aromatic heterocycles. The molecule has 18 heavy (non-hydrogen) atoms. The predicted octanol–water partition coefficient (Wildman–Crippen LogP) is 2.10. The Bertz CT molecular complexity index is 391. The number of likely N-dealkylation sites (N-methyl/N-ethyl adjacent to an activating group) is 1. The molecule has 0 aliphatic rings. The van der Waals surface area contributed by atoms with Gasteiger partial charge in [-0.05, 0) is 32.3 Å². The highest BCUT2D eigenvalue weighted by Crippen LogP contribution is 2.32. The van der Waals surface area contributed by atoms with Crippen molar-refractivity contribution in [3.63, 3.8) is 0 Å². The van der Waals surface area contributed by atoms with Crippen molar-refractivity contribution in [2.24, 2.45) is 5.73 Å². The second kappa shape index (κ2) is 6.06. The molecule has 0 spiro atoms. The molecule has 0 atom stereocenters. The first kappa shape index (κ1) is 14.8. The SMILES string of the molecule is CN(C)CCOc1ccc(C(F)(F)F)cc1CN. The molecule has 0 bridgehead atoms. The van der Waals surface area contributed by atoms with Crippen molar-refractivity contribution in [2.45, 2.75) is 12.7 Å². The van der Waals surface area contributed by atoms with Crippen LogP contribution in [-0.2, 0) is 12.7 Å². The first-order chi connectivity index (χ1) is 8.34. The van der Waals surface area contributed by atoms with Gasteiger partial charge < -0.3 is 15.4 Å². The van der Waals surface area contributed by atoms with E-state index in [0.29, 0.717) is 24.5 Å². The van der Waals surface area contributed by atoms with Crippen LogP contribution >= 0.6 is 0 Å². The standard InChI is InChI=1S/C12H17F3N2O/c1-17(2)5-6-18-11-4-3-10(12(13,14)15)7-9(11)8-16/h3-4,7H,5-6,8,16H2,1-2H3. The Kier molecular flexibility index (Phi) is 4.98. The third-order valence-corrected chi connectivity index (χ3v) is 2.40. The number of halogens is 3. The molecular formula is C12H17F3N2O. The molecule has 102 valence electrons. The monoisotopic (exact) mass is 262 g/mol. The minimum atomic E-state index is -4.36. The third kappa shape index (κ3) is 4.19. The molecule has 0 heterocycles. The number of ether oxygens (including phenoxy) is 1. The molecule has 3 nitrogen and oxygen atoms in total. The highest BCUT2D eigenvalue weighted by molar-refractivity contribution is 5.38.